The van der Waals surface area contributed by atoms with Gasteiger partial charge in [0.05, 0.1) is 16.1 Å². The Morgan fingerprint density at radius 2 is 1.62 bits per heavy atom. The van der Waals surface area contributed by atoms with E-state index in [1.807, 2.05) is 19.1 Å². The standard InChI is InChI=1S/C26H30ClF2NO3S/c1-18-5-11-22(12-6-18)34(32,33)24-4-2-3-23(24)25(31)30(17-19-7-9-20(27)10-8-19)21-13-15-26(28,29)16-14-21/h5-12,21,23-24H,2-4,13-17H2,1H3/t23-,24-/m1/s1. The molecule has 2 aliphatic carbocycles. The number of benzene rings is 2. The van der Waals surface area contributed by atoms with Gasteiger partial charge in [0.15, 0.2) is 9.84 Å². The lowest BCUT2D eigenvalue weighted by Gasteiger charge is -2.39. The monoisotopic (exact) mass is 509 g/mol. The summed E-state index contributed by atoms with van der Waals surface area (Å²) in [5.74, 6) is -3.64. The van der Waals surface area contributed by atoms with Gasteiger partial charge in [0.2, 0.25) is 11.8 Å². The molecule has 0 aliphatic heterocycles. The maximum absolute atomic E-state index is 13.9. The van der Waals surface area contributed by atoms with Gasteiger partial charge in [-0.25, -0.2) is 17.2 Å². The Hall–Kier alpha value is -1.99. The molecule has 0 spiro atoms. The normalized spacial score (nSPS) is 23.1. The second kappa shape index (κ2) is 9.94. The van der Waals surface area contributed by atoms with Gasteiger partial charge < -0.3 is 4.90 Å². The molecule has 2 aromatic carbocycles. The van der Waals surface area contributed by atoms with E-state index in [0.29, 0.717) is 24.3 Å². The van der Waals surface area contributed by atoms with Crippen LogP contribution in [0.5, 0.6) is 0 Å². The molecule has 0 radical (unpaired) electrons. The van der Waals surface area contributed by atoms with Crippen molar-refractivity contribution in [2.45, 2.75) is 80.5 Å². The molecule has 184 valence electrons. The van der Waals surface area contributed by atoms with Gasteiger partial charge in [-0.2, -0.15) is 0 Å². The van der Waals surface area contributed by atoms with Crippen molar-refractivity contribution >= 4 is 27.3 Å². The van der Waals surface area contributed by atoms with Crippen molar-refractivity contribution in [2.75, 3.05) is 0 Å². The number of halogens is 3. The van der Waals surface area contributed by atoms with Crippen LogP contribution in [0.4, 0.5) is 8.78 Å². The molecule has 2 aromatic rings. The SMILES string of the molecule is Cc1ccc(S(=O)(=O)[C@@H]2CCC[C@H]2C(=O)N(Cc2ccc(Cl)cc2)C2CCC(F)(F)CC2)cc1. The molecule has 34 heavy (non-hydrogen) atoms. The summed E-state index contributed by atoms with van der Waals surface area (Å²) in [6.07, 6.45) is 1.42. The molecule has 8 heteroatoms. The number of hydrogen-bond donors (Lipinski definition) is 0. The van der Waals surface area contributed by atoms with Gasteiger partial charge in [0.1, 0.15) is 0 Å². The number of rotatable bonds is 6. The van der Waals surface area contributed by atoms with E-state index in [0.717, 1.165) is 11.1 Å². The maximum Gasteiger partial charge on any atom is 0.248 e. The average molecular weight is 510 g/mol. The number of aryl methyl sites for hydroxylation is 1. The Morgan fingerprint density at radius 3 is 2.24 bits per heavy atom. The lowest BCUT2D eigenvalue weighted by molar-refractivity contribution is -0.141. The molecule has 2 atom stereocenters. The number of carbonyl (C=O) groups is 1. The molecule has 1 amide bonds. The zero-order chi connectivity index (χ0) is 24.5. The second-order valence-corrected chi connectivity index (χ2v) is 12.2. The predicted octanol–water partition coefficient (Wildman–Crippen LogP) is 6.20. The highest BCUT2D eigenvalue weighted by molar-refractivity contribution is 7.92. The van der Waals surface area contributed by atoms with E-state index < -0.39 is 26.9 Å². The molecule has 2 fully saturated rings. The van der Waals surface area contributed by atoms with Crippen LogP contribution in [0.2, 0.25) is 5.02 Å². The minimum Gasteiger partial charge on any atom is -0.335 e. The van der Waals surface area contributed by atoms with Crippen LogP contribution >= 0.6 is 11.6 Å². The molecule has 4 nitrogen and oxygen atoms in total. The third-order valence-corrected chi connectivity index (χ3v) is 9.74. The fraction of sp³-hybridized carbons (Fsp3) is 0.500. The largest absolute Gasteiger partial charge is 0.335 e. The predicted molar refractivity (Wildman–Crippen MR) is 129 cm³/mol. The summed E-state index contributed by atoms with van der Waals surface area (Å²) in [7, 11) is -3.70. The lowest BCUT2D eigenvalue weighted by atomic mass is 9.90. The number of alkyl halides is 2. The molecule has 2 aliphatic rings. The molecule has 0 saturated heterocycles. The summed E-state index contributed by atoms with van der Waals surface area (Å²) in [6.45, 7) is 2.14. The van der Waals surface area contributed by atoms with Gasteiger partial charge in [0, 0.05) is 30.5 Å². The van der Waals surface area contributed by atoms with Crippen LogP contribution in [-0.4, -0.2) is 36.4 Å². The van der Waals surface area contributed by atoms with Crippen molar-refractivity contribution in [1.29, 1.82) is 0 Å². The van der Waals surface area contributed by atoms with Crippen molar-refractivity contribution in [3.05, 3.63) is 64.7 Å². The highest BCUT2D eigenvalue weighted by Gasteiger charge is 2.46. The van der Waals surface area contributed by atoms with Crippen LogP contribution in [-0.2, 0) is 21.2 Å². The third kappa shape index (κ3) is 5.46. The van der Waals surface area contributed by atoms with Gasteiger partial charge in [-0.1, -0.05) is 47.9 Å². The van der Waals surface area contributed by atoms with Crippen LogP contribution in [0.15, 0.2) is 53.4 Å². The fourth-order valence-electron chi connectivity index (χ4n) is 5.21. The van der Waals surface area contributed by atoms with Crippen LogP contribution in [0.1, 0.15) is 56.1 Å². The first-order valence-electron chi connectivity index (χ1n) is 11.8. The Bertz CT molecular complexity index is 1110. The highest BCUT2D eigenvalue weighted by Crippen LogP contribution is 2.40. The van der Waals surface area contributed by atoms with Crippen LogP contribution in [0, 0.1) is 12.8 Å². The summed E-state index contributed by atoms with van der Waals surface area (Å²) >= 11 is 6.00. The summed E-state index contributed by atoms with van der Waals surface area (Å²) in [5.41, 5.74) is 1.80. The molecule has 0 heterocycles. The fourth-order valence-corrected chi connectivity index (χ4v) is 7.36. The van der Waals surface area contributed by atoms with E-state index in [-0.39, 0.29) is 49.1 Å². The quantitative estimate of drug-likeness (QED) is 0.466. The molecule has 0 bridgehead atoms. The third-order valence-electron chi connectivity index (χ3n) is 7.19. The number of sulfone groups is 1. The van der Waals surface area contributed by atoms with Crippen molar-refractivity contribution in [3.63, 3.8) is 0 Å². The van der Waals surface area contributed by atoms with Crippen molar-refractivity contribution in [1.82, 2.24) is 4.90 Å². The van der Waals surface area contributed by atoms with Crippen molar-refractivity contribution in [3.8, 4) is 0 Å². The van der Waals surface area contributed by atoms with E-state index in [4.69, 9.17) is 11.6 Å². The molecular formula is C26H30ClF2NO3S. The van der Waals surface area contributed by atoms with Gasteiger partial charge in [0.25, 0.3) is 0 Å². The van der Waals surface area contributed by atoms with E-state index >= 15 is 0 Å². The first kappa shape index (κ1) is 25.1. The van der Waals surface area contributed by atoms with Gasteiger partial charge in [-0.05, 0) is 62.4 Å². The highest BCUT2D eigenvalue weighted by atomic mass is 35.5. The minimum absolute atomic E-state index is 0.203. The molecular weight excluding hydrogens is 480 g/mol. The Balaban J connectivity index is 1.61. The van der Waals surface area contributed by atoms with Crippen LogP contribution < -0.4 is 0 Å². The number of nitrogens with zero attached hydrogens (tertiary/aromatic N) is 1. The summed E-state index contributed by atoms with van der Waals surface area (Å²) in [5, 5.41) is -0.237. The molecule has 2 saturated carbocycles. The molecule has 0 unspecified atom stereocenters. The summed E-state index contributed by atoms with van der Waals surface area (Å²) in [4.78, 5) is 15.8. The van der Waals surface area contributed by atoms with Gasteiger partial charge in [-0.3, -0.25) is 4.79 Å². The summed E-state index contributed by atoms with van der Waals surface area (Å²) in [6, 6.07) is 13.5. The number of hydrogen-bond acceptors (Lipinski definition) is 3. The zero-order valence-corrected chi connectivity index (χ0v) is 20.8. The minimum atomic E-state index is -3.70. The van der Waals surface area contributed by atoms with Crippen molar-refractivity contribution in [2.24, 2.45) is 5.92 Å². The Labute approximate surface area is 205 Å². The average Bonchev–Trinajstić information content (AvgIpc) is 3.30. The molecule has 0 N–H and O–H groups in total. The topological polar surface area (TPSA) is 54.5 Å². The van der Waals surface area contributed by atoms with Crippen LogP contribution in [0.3, 0.4) is 0 Å². The Kier molecular flexibility index (Phi) is 7.34. The molecule has 0 aromatic heterocycles. The van der Waals surface area contributed by atoms with Crippen LogP contribution in [0.25, 0.3) is 0 Å². The number of amides is 1. The van der Waals surface area contributed by atoms with Crippen molar-refractivity contribution < 1.29 is 22.0 Å². The van der Waals surface area contributed by atoms with E-state index in [9.17, 15) is 22.0 Å². The summed E-state index contributed by atoms with van der Waals surface area (Å²) < 4.78 is 54.6. The molecule has 4 rings (SSSR count). The number of carbonyl (C=O) groups excluding carboxylic acids is 1. The smallest absolute Gasteiger partial charge is 0.248 e. The van der Waals surface area contributed by atoms with Gasteiger partial charge >= 0.3 is 0 Å². The van der Waals surface area contributed by atoms with Gasteiger partial charge in [-0.15, -0.1) is 0 Å². The van der Waals surface area contributed by atoms with E-state index in [1.165, 1.54) is 0 Å². The maximum atomic E-state index is 13.9. The first-order chi connectivity index (χ1) is 16.1. The first-order valence-corrected chi connectivity index (χ1v) is 13.7. The zero-order valence-electron chi connectivity index (χ0n) is 19.2. The Morgan fingerprint density at radius 1 is 1.00 bits per heavy atom. The lowest BCUT2D eigenvalue weighted by Crippen LogP contribution is -2.48. The van der Waals surface area contributed by atoms with E-state index in [2.05, 4.69) is 0 Å². The second-order valence-electron chi connectivity index (χ2n) is 9.61. The van der Waals surface area contributed by atoms with E-state index in [1.54, 1.807) is 41.3 Å².